The molecule has 2 aliphatic carbocycles. The van der Waals surface area contributed by atoms with Gasteiger partial charge in [0, 0.05) is 24.0 Å². The van der Waals surface area contributed by atoms with Crippen molar-refractivity contribution in [1.29, 1.82) is 0 Å². The number of esters is 1. The Hall–Kier alpha value is -1.36. The molecule has 0 bridgehead atoms. The van der Waals surface area contributed by atoms with Crippen LogP contribution in [0.5, 0.6) is 0 Å². The van der Waals surface area contributed by atoms with Gasteiger partial charge >= 0.3 is 5.97 Å². The van der Waals surface area contributed by atoms with Crippen molar-refractivity contribution in [2.45, 2.75) is 109 Å². The fourth-order valence-corrected chi connectivity index (χ4v) is 4.76. The van der Waals surface area contributed by atoms with Gasteiger partial charge in [-0.2, -0.15) is 0 Å². The zero-order chi connectivity index (χ0) is 21.2. The van der Waals surface area contributed by atoms with Crippen LogP contribution in [0.15, 0.2) is 4.52 Å². The van der Waals surface area contributed by atoms with E-state index in [-0.39, 0.29) is 18.5 Å². The number of hydrogen-bond donors (Lipinski definition) is 1. The van der Waals surface area contributed by atoms with Crippen LogP contribution >= 0.6 is 0 Å². The molecule has 2 fully saturated rings. The van der Waals surface area contributed by atoms with Crippen LogP contribution in [0.4, 0.5) is 0 Å². The third kappa shape index (κ3) is 6.07. The van der Waals surface area contributed by atoms with Crippen molar-refractivity contribution in [2.24, 2.45) is 11.8 Å². The molecule has 0 spiro atoms. The van der Waals surface area contributed by atoms with Gasteiger partial charge in [-0.05, 0) is 83.5 Å². The molecule has 1 aromatic heterocycles. The highest BCUT2D eigenvalue weighted by Gasteiger charge is 2.41. The lowest BCUT2D eigenvalue weighted by molar-refractivity contribution is -0.155. The number of hydrogen-bond acceptors (Lipinski definition) is 5. The van der Waals surface area contributed by atoms with Gasteiger partial charge in [0.05, 0.1) is 12.1 Å². The molecule has 2 saturated carbocycles. The van der Waals surface area contributed by atoms with E-state index in [0.717, 1.165) is 29.7 Å². The zero-order valence-corrected chi connectivity index (χ0v) is 18.9. The second-order valence-corrected chi connectivity index (χ2v) is 10.6. The minimum Gasteiger partial charge on any atom is -0.460 e. The van der Waals surface area contributed by atoms with Gasteiger partial charge < -0.3 is 14.4 Å². The quantitative estimate of drug-likeness (QED) is 0.507. The van der Waals surface area contributed by atoms with Gasteiger partial charge in [0.15, 0.2) is 0 Å². The molecule has 1 N–H and O–H groups in total. The Morgan fingerprint density at radius 3 is 2.48 bits per heavy atom. The number of aromatic nitrogens is 1. The summed E-state index contributed by atoms with van der Waals surface area (Å²) in [5.74, 6) is 3.39. The first-order valence-corrected chi connectivity index (χ1v) is 11.5. The van der Waals surface area contributed by atoms with Gasteiger partial charge in [-0.1, -0.05) is 19.0 Å². The molecule has 0 aromatic carbocycles. The molecule has 5 nitrogen and oxygen atoms in total. The number of aliphatic hydroxyl groups is 1. The van der Waals surface area contributed by atoms with Crippen molar-refractivity contribution >= 4 is 5.97 Å². The molecule has 1 atom stereocenters. The Balaban J connectivity index is 1.76. The maximum Gasteiger partial charge on any atom is 0.306 e. The summed E-state index contributed by atoms with van der Waals surface area (Å²) in [6.45, 7) is 10.4. The number of carbonyl (C=O) groups is 1. The molecular weight excluding hydrogens is 366 g/mol. The molecule has 1 aromatic rings. The molecule has 0 unspecified atom stereocenters. The van der Waals surface area contributed by atoms with Gasteiger partial charge in [-0.25, -0.2) is 0 Å². The van der Waals surface area contributed by atoms with Crippen LogP contribution in [0.25, 0.3) is 0 Å². The zero-order valence-electron chi connectivity index (χ0n) is 18.9. The monoisotopic (exact) mass is 405 g/mol. The number of aliphatic hydroxyl groups excluding tert-OH is 1. The van der Waals surface area contributed by atoms with Crippen molar-refractivity contribution in [3.8, 4) is 0 Å². The van der Waals surface area contributed by atoms with Gasteiger partial charge in [0.1, 0.15) is 11.4 Å². The highest BCUT2D eigenvalue weighted by atomic mass is 16.6. The average molecular weight is 406 g/mol. The average Bonchev–Trinajstić information content (AvgIpc) is 3.32. The summed E-state index contributed by atoms with van der Waals surface area (Å²) in [5, 5.41) is 13.9. The van der Waals surface area contributed by atoms with Crippen LogP contribution < -0.4 is 0 Å². The lowest BCUT2D eigenvalue weighted by Crippen LogP contribution is -2.25. The van der Waals surface area contributed by atoms with E-state index in [4.69, 9.17) is 9.26 Å². The predicted molar refractivity (Wildman–Crippen MR) is 113 cm³/mol. The van der Waals surface area contributed by atoms with Crippen molar-refractivity contribution in [3.63, 3.8) is 0 Å². The van der Waals surface area contributed by atoms with Crippen LogP contribution in [0.1, 0.15) is 121 Å². The summed E-state index contributed by atoms with van der Waals surface area (Å²) < 4.78 is 11.5. The maximum absolute atomic E-state index is 12.5. The molecule has 2 aliphatic rings. The predicted octanol–water partition coefficient (Wildman–Crippen LogP) is 5.68. The first-order chi connectivity index (χ1) is 13.7. The van der Waals surface area contributed by atoms with Crippen LogP contribution in [-0.2, 0) is 9.53 Å². The molecule has 0 saturated heterocycles. The second kappa shape index (κ2) is 9.20. The summed E-state index contributed by atoms with van der Waals surface area (Å²) in [5.41, 5.74) is 1.74. The van der Waals surface area contributed by atoms with Crippen LogP contribution in [0, 0.1) is 11.8 Å². The molecule has 164 valence electrons. The smallest absolute Gasteiger partial charge is 0.306 e. The van der Waals surface area contributed by atoms with E-state index in [1.165, 1.54) is 37.7 Å². The maximum atomic E-state index is 12.5. The number of carbonyl (C=O) groups excluding carboxylic acids is 1. The molecule has 1 heterocycles. The van der Waals surface area contributed by atoms with Crippen molar-refractivity contribution < 1.29 is 19.2 Å². The first kappa shape index (κ1) is 22.3. The molecule has 0 radical (unpaired) electrons. The van der Waals surface area contributed by atoms with Crippen LogP contribution in [0.3, 0.4) is 0 Å². The van der Waals surface area contributed by atoms with Crippen LogP contribution in [-0.4, -0.2) is 28.4 Å². The highest BCUT2D eigenvalue weighted by molar-refractivity contribution is 5.71. The van der Waals surface area contributed by atoms with E-state index >= 15 is 0 Å². The lowest BCUT2D eigenvalue weighted by Gasteiger charge is -2.35. The van der Waals surface area contributed by atoms with E-state index in [1.807, 2.05) is 20.8 Å². The van der Waals surface area contributed by atoms with Crippen molar-refractivity contribution in [2.75, 3.05) is 6.61 Å². The largest absolute Gasteiger partial charge is 0.460 e. The Labute approximate surface area is 175 Å². The SMILES string of the molecule is CC(C)C[C@H]1C[C@@H](c2onc([C@@H](CCCO)CC(=O)OC(C)(C)C)c2C2CC2)C1. The Kier molecular flexibility index (Phi) is 7.08. The minimum atomic E-state index is -0.496. The van der Waals surface area contributed by atoms with E-state index in [1.54, 1.807) is 0 Å². The summed E-state index contributed by atoms with van der Waals surface area (Å²) >= 11 is 0. The Bertz CT molecular complexity index is 678. The van der Waals surface area contributed by atoms with E-state index in [2.05, 4.69) is 19.0 Å². The summed E-state index contributed by atoms with van der Waals surface area (Å²) in [4.78, 5) is 12.5. The molecular formula is C24H39NO4. The summed E-state index contributed by atoms with van der Waals surface area (Å²) in [6.07, 6.45) is 7.71. The summed E-state index contributed by atoms with van der Waals surface area (Å²) in [6, 6.07) is 0. The Morgan fingerprint density at radius 2 is 1.93 bits per heavy atom. The van der Waals surface area contributed by atoms with E-state index < -0.39 is 5.60 Å². The normalized spacial score (nSPS) is 23.1. The lowest BCUT2D eigenvalue weighted by atomic mass is 9.69. The number of rotatable bonds is 10. The second-order valence-electron chi connectivity index (χ2n) is 10.6. The van der Waals surface area contributed by atoms with Gasteiger partial charge in [0.2, 0.25) is 0 Å². The van der Waals surface area contributed by atoms with E-state index in [9.17, 15) is 9.90 Å². The number of nitrogens with zero attached hydrogens (tertiary/aromatic N) is 1. The fraction of sp³-hybridized carbons (Fsp3) is 0.833. The standard InChI is InChI=1S/C24H39NO4/c1-15(2)11-16-12-19(13-16)23-21(17-8-9-17)22(25-29-23)18(7-6-10-26)14-20(27)28-24(3,4)5/h15-19,26H,6-14H2,1-5H3/t16-,18-,19+/m0/s1. The topological polar surface area (TPSA) is 72.6 Å². The molecule has 3 rings (SSSR count). The van der Waals surface area contributed by atoms with Gasteiger partial charge in [0.25, 0.3) is 0 Å². The summed E-state index contributed by atoms with van der Waals surface area (Å²) in [7, 11) is 0. The van der Waals surface area contributed by atoms with Gasteiger partial charge in [-0.15, -0.1) is 0 Å². The molecule has 29 heavy (non-hydrogen) atoms. The number of ether oxygens (including phenoxy) is 1. The van der Waals surface area contributed by atoms with Crippen molar-refractivity contribution in [1.82, 2.24) is 5.16 Å². The highest BCUT2D eigenvalue weighted by Crippen LogP contribution is 2.52. The van der Waals surface area contributed by atoms with Crippen molar-refractivity contribution in [3.05, 3.63) is 17.0 Å². The fourth-order valence-electron chi connectivity index (χ4n) is 4.76. The van der Waals surface area contributed by atoms with Crippen LogP contribution in [0.2, 0.25) is 0 Å². The van der Waals surface area contributed by atoms with Gasteiger partial charge in [-0.3, -0.25) is 4.79 Å². The molecule has 0 amide bonds. The first-order valence-electron chi connectivity index (χ1n) is 11.5. The third-order valence-electron chi connectivity index (χ3n) is 6.11. The van der Waals surface area contributed by atoms with E-state index in [0.29, 0.717) is 24.7 Å². The minimum absolute atomic E-state index is 0.0448. The third-order valence-corrected chi connectivity index (χ3v) is 6.11. The molecule has 0 aliphatic heterocycles. The Morgan fingerprint density at radius 1 is 1.24 bits per heavy atom. The molecule has 5 heteroatoms.